The molecule has 1 saturated heterocycles. The van der Waals surface area contributed by atoms with Gasteiger partial charge in [0.2, 0.25) is 0 Å². The largest absolute Gasteiger partial charge is 0.380 e. The molecular formula is C24H25FN4O. The number of benzene rings is 2. The second kappa shape index (κ2) is 7.94. The van der Waals surface area contributed by atoms with E-state index in [1.807, 2.05) is 36.4 Å². The molecular weight excluding hydrogens is 379 g/mol. The Labute approximate surface area is 175 Å². The molecule has 1 aromatic heterocycles. The van der Waals surface area contributed by atoms with E-state index >= 15 is 0 Å². The zero-order chi connectivity index (χ0) is 20.5. The maximum absolute atomic E-state index is 13.9. The summed E-state index contributed by atoms with van der Waals surface area (Å²) in [5.41, 5.74) is 2.08. The van der Waals surface area contributed by atoms with Crippen molar-refractivity contribution < 1.29 is 9.18 Å². The lowest BCUT2D eigenvalue weighted by atomic mass is 10.0. The van der Waals surface area contributed by atoms with Gasteiger partial charge >= 0.3 is 0 Å². The highest BCUT2D eigenvalue weighted by Crippen LogP contribution is 2.27. The molecule has 3 aromatic rings. The van der Waals surface area contributed by atoms with Gasteiger partial charge in [0, 0.05) is 30.6 Å². The van der Waals surface area contributed by atoms with Crippen molar-refractivity contribution in [3.63, 3.8) is 0 Å². The van der Waals surface area contributed by atoms with Crippen LogP contribution in [0.25, 0.3) is 10.9 Å². The quantitative estimate of drug-likeness (QED) is 0.664. The Morgan fingerprint density at radius 1 is 0.967 bits per heavy atom. The molecule has 2 aromatic carbocycles. The topological polar surface area (TPSA) is 57.3 Å². The summed E-state index contributed by atoms with van der Waals surface area (Å²) < 4.78 is 13.9. The predicted octanol–water partition coefficient (Wildman–Crippen LogP) is 4.35. The highest BCUT2D eigenvalue weighted by Gasteiger charge is 2.26. The fourth-order valence-corrected chi connectivity index (χ4v) is 4.05. The van der Waals surface area contributed by atoms with Crippen LogP contribution in [0.3, 0.4) is 0 Å². The van der Waals surface area contributed by atoms with Gasteiger partial charge in [-0.2, -0.15) is 0 Å². The first-order chi connectivity index (χ1) is 14.7. The molecule has 0 unspecified atom stereocenters. The van der Waals surface area contributed by atoms with Gasteiger partial charge in [0.05, 0.1) is 16.8 Å². The van der Waals surface area contributed by atoms with Crippen molar-refractivity contribution in [3.05, 3.63) is 66.0 Å². The van der Waals surface area contributed by atoms with E-state index in [4.69, 9.17) is 4.98 Å². The van der Waals surface area contributed by atoms with Crippen LogP contribution in [-0.4, -0.2) is 36.1 Å². The van der Waals surface area contributed by atoms with Gasteiger partial charge in [-0.25, -0.2) is 9.37 Å². The molecule has 0 spiro atoms. The third-order valence-electron chi connectivity index (χ3n) is 5.91. The van der Waals surface area contributed by atoms with Gasteiger partial charge in [-0.05, 0) is 49.9 Å². The number of pyridine rings is 1. The predicted molar refractivity (Wildman–Crippen MR) is 117 cm³/mol. The minimum atomic E-state index is -0.220. The fraction of sp³-hybridized carbons (Fsp3) is 0.333. The number of nitrogens with one attached hydrogen (secondary N) is 2. The first kappa shape index (κ1) is 18.9. The van der Waals surface area contributed by atoms with E-state index in [0.29, 0.717) is 17.3 Å². The lowest BCUT2D eigenvalue weighted by molar-refractivity contribution is 0.0952. The van der Waals surface area contributed by atoms with E-state index in [9.17, 15) is 9.18 Å². The van der Waals surface area contributed by atoms with E-state index < -0.39 is 0 Å². The summed E-state index contributed by atoms with van der Waals surface area (Å²) in [4.78, 5) is 19.9. The lowest BCUT2D eigenvalue weighted by Crippen LogP contribution is -2.39. The molecule has 2 fully saturated rings. The van der Waals surface area contributed by atoms with Crippen molar-refractivity contribution in [2.24, 2.45) is 0 Å². The summed E-state index contributed by atoms with van der Waals surface area (Å²) in [5.74, 6) is 0.592. The normalized spacial score (nSPS) is 17.2. The minimum Gasteiger partial charge on any atom is -0.380 e. The van der Waals surface area contributed by atoms with Gasteiger partial charge in [-0.1, -0.05) is 30.3 Å². The number of hydrogen-bond acceptors (Lipinski definition) is 4. The molecule has 0 atom stereocenters. The van der Waals surface area contributed by atoms with E-state index in [2.05, 4.69) is 15.5 Å². The number of amides is 1. The Morgan fingerprint density at radius 3 is 2.47 bits per heavy atom. The Bertz CT molecular complexity index is 1070. The minimum absolute atomic E-state index is 0.0199. The van der Waals surface area contributed by atoms with Gasteiger partial charge in [0.15, 0.2) is 0 Å². The Morgan fingerprint density at radius 2 is 1.70 bits per heavy atom. The van der Waals surface area contributed by atoms with Crippen LogP contribution in [0.4, 0.5) is 15.9 Å². The number of carbonyl (C=O) groups excluding carboxylic acids is 1. The molecule has 2 aliphatic rings. The van der Waals surface area contributed by atoms with Crippen molar-refractivity contribution in [2.75, 3.05) is 23.3 Å². The molecule has 1 amide bonds. The number of anilines is 2. The van der Waals surface area contributed by atoms with Crippen LogP contribution in [0.1, 0.15) is 36.0 Å². The molecule has 1 saturated carbocycles. The average molecular weight is 404 g/mol. The summed E-state index contributed by atoms with van der Waals surface area (Å²) in [6.07, 6.45) is 3.88. The van der Waals surface area contributed by atoms with Crippen molar-refractivity contribution >= 4 is 28.3 Å². The van der Waals surface area contributed by atoms with E-state index in [1.54, 1.807) is 12.1 Å². The summed E-state index contributed by atoms with van der Waals surface area (Å²) >= 11 is 0. The second-order valence-corrected chi connectivity index (χ2v) is 8.18. The molecule has 0 bridgehead atoms. The molecule has 2 heterocycles. The molecule has 30 heavy (non-hydrogen) atoms. The van der Waals surface area contributed by atoms with Gasteiger partial charge < -0.3 is 15.5 Å². The third kappa shape index (κ3) is 3.95. The summed E-state index contributed by atoms with van der Waals surface area (Å²) in [5, 5.41) is 7.31. The molecule has 5 nitrogen and oxygen atoms in total. The summed E-state index contributed by atoms with van der Waals surface area (Å²) in [6.45, 7) is 1.61. The maximum atomic E-state index is 13.9. The first-order valence-electron chi connectivity index (χ1n) is 10.6. The number of piperidine rings is 1. The molecule has 154 valence electrons. The number of rotatable bonds is 5. The first-order valence-corrected chi connectivity index (χ1v) is 10.6. The van der Waals surface area contributed by atoms with Gasteiger partial charge in [0.25, 0.3) is 5.91 Å². The monoisotopic (exact) mass is 404 g/mol. The Kier molecular flexibility index (Phi) is 4.99. The van der Waals surface area contributed by atoms with Crippen LogP contribution in [0.5, 0.6) is 0 Å². The van der Waals surface area contributed by atoms with Crippen molar-refractivity contribution in [1.82, 2.24) is 10.3 Å². The smallest absolute Gasteiger partial charge is 0.252 e. The van der Waals surface area contributed by atoms with Crippen LogP contribution in [0, 0.1) is 5.82 Å². The van der Waals surface area contributed by atoms with Crippen LogP contribution in [0.2, 0.25) is 0 Å². The molecule has 1 aliphatic heterocycles. The second-order valence-electron chi connectivity index (χ2n) is 8.18. The molecule has 1 aliphatic carbocycles. The highest BCUT2D eigenvalue weighted by molar-refractivity contribution is 6.07. The standard InChI is InChI=1S/C24H25FN4O/c25-20-6-2-4-8-22(20)26-17-11-13-29(14-12-17)23-15-19(24(30)27-16-9-10-16)18-5-1-3-7-21(18)28-23/h1-8,15-17,26H,9-14H2,(H,27,30). The number of fused-ring (bicyclic) bond motifs is 1. The highest BCUT2D eigenvalue weighted by atomic mass is 19.1. The van der Waals surface area contributed by atoms with E-state index in [1.165, 1.54) is 6.07 Å². The summed E-state index contributed by atoms with van der Waals surface area (Å²) in [6, 6.07) is 17.1. The van der Waals surface area contributed by atoms with Crippen molar-refractivity contribution in [2.45, 2.75) is 37.8 Å². The van der Waals surface area contributed by atoms with Crippen molar-refractivity contribution in [1.29, 1.82) is 0 Å². The molecule has 5 rings (SSSR count). The number of aromatic nitrogens is 1. The van der Waals surface area contributed by atoms with Crippen LogP contribution in [-0.2, 0) is 0 Å². The van der Waals surface area contributed by atoms with Crippen LogP contribution >= 0.6 is 0 Å². The molecule has 6 heteroatoms. The number of carbonyl (C=O) groups is 1. The third-order valence-corrected chi connectivity index (χ3v) is 5.91. The van der Waals surface area contributed by atoms with Crippen LogP contribution in [0.15, 0.2) is 54.6 Å². The van der Waals surface area contributed by atoms with E-state index in [-0.39, 0.29) is 17.8 Å². The van der Waals surface area contributed by atoms with Gasteiger partial charge in [0.1, 0.15) is 11.6 Å². The van der Waals surface area contributed by atoms with Gasteiger partial charge in [-0.3, -0.25) is 4.79 Å². The van der Waals surface area contributed by atoms with E-state index in [0.717, 1.165) is 55.5 Å². The van der Waals surface area contributed by atoms with Gasteiger partial charge in [-0.15, -0.1) is 0 Å². The lowest BCUT2D eigenvalue weighted by Gasteiger charge is -2.34. The number of halogens is 1. The molecule has 0 radical (unpaired) electrons. The fourth-order valence-electron chi connectivity index (χ4n) is 4.05. The number of hydrogen-bond donors (Lipinski definition) is 2. The number of nitrogens with zero attached hydrogens (tertiary/aromatic N) is 2. The zero-order valence-corrected chi connectivity index (χ0v) is 16.8. The summed E-state index contributed by atoms with van der Waals surface area (Å²) in [7, 11) is 0. The number of para-hydroxylation sites is 2. The van der Waals surface area contributed by atoms with Crippen molar-refractivity contribution in [3.8, 4) is 0 Å². The maximum Gasteiger partial charge on any atom is 0.252 e. The Hall–Kier alpha value is -3.15. The average Bonchev–Trinajstić information content (AvgIpc) is 3.59. The SMILES string of the molecule is O=C(NC1CC1)c1cc(N2CCC(Nc3ccccc3F)CC2)nc2ccccc12. The van der Waals surface area contributed by atoms with Crippen LogP contribution < -0.4 is 15.5 Å². The molecule has 2 N–H and O–H groups in total. The zero-order valence-electron chi connectivity index (χ0n) is 16.8. The Balaban J connectivity index is 1.34.